The predicted octanol–water partition coefficient (Wildman–Crippen LogP) is 1.87. The number of rotatable bonds is 3. The lowest BCUT2D eigenvalue weighted by atomic mass is 10.1. The maximum atomic E-state index is 9.40. The normalized spacial score (nSPS) is 10.0. The van der Waals surface area contributed by atoms with Crippen LogP contribution in [0.1, 0.15) is 0 Å². The largest absolute Gasteiger partial charge is 0.508 e. The summed E-state index contributed by atoms with van der Waals surface area (Å²) in [7, 11) is 3.00. The number of aromatic hydroxyl groups is 1. The van der Waals surface area contributed by atoms with Gasteiger partial charge in [0.1, 0.15) is 5.75 Å². The summed E-state index contributed by atoms with van der Waals surface area (Å²) >= 11 is 0. The number of ether oxygens (including phenoxy) is 2. The molecular weight excluding hydrogens is 220 g/mol. The Morgan fingerprint density at radius 1 is 1.12 bits per heavy atom. The van der Waals surface area contributed by atoms with Gasteiger partial charge in [-0.15, -0.1) is 0 Å². The molecule has 0 radical (unpaired) electrons. The zero-order chi connectivity index (χ0) is 12.3. The second-order valence-corrected chi connectivity index (χ2v) is 3.32. The van der Waals surface area contributed by atoms with Crippen LogP contribution in [0, 0.1) is 0 Å². The van der Waals surface area contributed by atoms with Crippen LogP contribution < -0.4 is 9.47 Å². The highest BCUT2D eigenvalue weighted by Gasteiger charge is 2.09. The first-order chi connectivity index (χ1) is 8.24. The van der Waals surface area contributed by atoms with E-state index >= 15 is 0 Å². The van der Waals surface area contributed by atoms with E-state index in [0.29, 0.717) is 17.5 Å². The molecule has 0 aliphatic heterocycles. The molecule has 2 rings (SSSR count). The summed E-state index contributed by atoms with van der Waals surface area (Å²) in [6.07, 6.45) is 1.57. The highest BCUT2D eigenvalue weighted by molar-refractivity contribution is 5.61. The van der Waals surface area contributed by atoms with Crippen molar-refractivity contribution in [3.05, 3.63) is 30.5 Å². The van der Waals surface area contributed by atoms with Crippen molar-refractivity contribution < 1.29 is 14.6 Å². The van der Waals surface area contributed by atoms with Crippen molar-refractivity contribution in [2.24, 2.45) is 0 Å². The average Bonchev–Trinajstić information content (AvgIpc) is 2.38. The van der Waals surface area contributed by atoms with E-state index < -0.39 is 0 Å². The minimum Gasteiger partial charge on any atom is -0.508 e. The molecule has 0 amide bonds. The van der Waals surface area contributed by atoms with Gasteiger partial charge in [-0.3, -0.25) is 0 Å². The molecule has 0 atom stereocenters. The number of phenolic OH excluding ortho intramolecular Hbond substituents is 1. The molecule has 2 aromatic rings. The maximum Gasteiger partial charge on any atom is 0.278 e. The van der Waals surface area contributed by atoms with Gasteiger partial charge in [0.05, 0.1) is 26.1 Å². The third-order valence-corrected chi connectivity index (χ3v) is 2.24. The Kier molecular flexibility index (Phi) is 3.09. The van der Waals surface area contributed by atoms with E-state index in [-0.39, 0.29) is 5.75 Å². The van der Waals surface area contributed by atoms with Gasteiger partial charge in [-0.2, -0.15) is 0 Å². The van der Waals surface area contributed by atoms with E-state index in [0.717, 1.165) is 5.56 Å². The first-order valence-electron chi connectivity index (χ1n) is 4.99. The first kappa shape index (κ1) is 11.2. The molecule has 0 aliphatic rings. The van der Waals surface area contributed by atoms with E-state index in [1.807, 2.05) is 6.07 Å². The molecule has 0 saturated heterocycles. The van der Waals surface area contributed by atoms with Gasteiger partial charge in [0.15, 0.2) is 0 Å². The van der Waals surface area contributed by atoms with Crippen molar-refractivity contribution >= 4 is 0 Å². The third-order valence-electron chi connectivity index (χ3n) is 2.24. The molecule has 5 nitrogen and oxygen atoms in total. The van der Waals surface area contributed by atoms with Gasteiger partial charge in [0, 0.05) is 5.56 Å². The number of benzene rings is 1. The van der Waals surface area contributed by atoms with E-state index in [9.17, 15) is 5.11 Å². The van der Waals surface area contributed by atoms with Crippen LogP contribution in [0.25, 0.3) is 11.3 Å². The number of phenols is 1. The minimum absolute atomic E-state index is 0.180. The van der Waals surface area contributed by atoms with Crippen LogP contribution in [0.2, 0.25) is 0 Å². The fourth-order valence-corrected chi connectivity index (χ4v) is 1.44. The summed E-state index contributed by atoms with van der Waals surface area (Å²) < 4.78 is 10.1. The lowest BCUT2D eigenvalue weighted by Crippen LogP contribution is -1.97. The Balaban J connectivity index is 2.46. The monoisotopic (exact) mass is 232 g/mol. The van der Waals surface area contributed by atoms with Crippen LogP contribution in [0.4, 0.5) is 0 Å². The van der Waals surface area contributed by atoms with Crippen LogP contribution >= 0.6 is 0 Å². The summed E-state index contributed by atoms with van der Waals surface area (Å²) in [5, 5.41) is 9.40. The summed E-state index contributed by atoms with van der Waals surface area (Å²) in [5.74, 6) is 0.823. The van der Waals surface area contributed by atoms with Crippen LogP contribution in [0.3, 0.4) is 0 Å². The van der Waals surface area contributed by atoms with Gasteiger partial charge in [-0.1, -0.05) is 12.1 Å². The summed E-state index contributed by atoms with van der Waals surface area (Å²) in [6, 6.07) is 6.77. The van der Waals surface area contributed by atoms with Gasteiger partial charge >= 0.3 is 0 Å². The van der Waals surface area contributed by atoms with Crippen molar-refractivity contribution in [1.82, 2.24) is 9.97 Å². The van der Waals surface area contributed by atoms with E-state index in [1.165, 1.54) is 14.2 Å². The SMILES string of the molecule is COc1ncc(-c2cccc(O)c2)nc1OC. The Bertz CT molecular complexity index is 529. The van der Waals surface area contributed by atoms with Gasteiger partial charge in [0.25, 0.3) is 11.8 Å². The van der Waals surface area contributed by atoms with E-state index in [2.05, 4.69) is 9.97 Å². The standard InChI is InChI=1S/C12H12N2O3/c1-16-11-12(17-2)14-10(7-13-11)8-4-3-5-9(15)6-8/h3-7,15H,1-2H3. The lowest BCUT2D eigenvalue weighted by Gasteiger charge is -2.07. The molecule has 1 aromatic carbocycles. The molecule has 0 fully saturated rings. The van der Waals surface area contributed by atoms with E-state index in [4.69, 9.17) is 9.47 Å². The van der Waals surface area contributed by atoms with Crippen LogP contribution in [0.15, 0.2) is 30.5 Å². The Hall–Kier alpha value is -2.30. The highest BCUT2D eigenvalue weighted by Crippen LogP contribution is 2.27. The quantitative estimate of drug-likeness (QED) is 0.875. The molecule has 0 bridgehead atoms. The molecule has 1 aromatic heterocycles. The Morgan fingerprint density at radius 3 is 2.53 bits per heavy atom. The van der Waals surface area contributed by atoms with Gasteiger partial charge in [-0.05, 0) is 12.1 Å². The lowest BCUT2D eigenvalue weighted by molar-refractivity contribution is 0.332. The number of nitrogens with zero attached hydrogens (tertiary/aromatic N) is 2. The second kappa shape index (κ2) is 4.69. The molecule has 1 heterocycles. The average molecular weight is 232 g/mol. The fourth-order valence-electron chi connectivity index (χ4n) is 1.44. The molecule has 1 N–H and O–H groups in total. The van der Waals surface area contributed by atoms with Crippen LogP contribution in [0.5, 0.6) is 17.5 Å². The molecule has 88 valence electrons. The zero-order valence-electron chi connectivity index (χ0n) is 9.54. The van der Waals surface area contributed by atoms with Crippen LogP contribution in [-0.4, -0.2) is 29.3 Å². The summed E-state index contributed by atoms with van der Waals surface area (Å²) in [5.41, 5.74) is 1.37. The van der Waals surface area contributed by atoms with Crippen molar-refractivity contribution in [2.45, 2.75) is 0 Å². The van der Waals surface area contributed by atoms with Crippen LogP contribution in [-0.2, 0) is 0 Å². The zero-order valence-corrected chi connectivity index (χ0v) is 9.54. The number of hydrogen-bond acceptors (Lipinski definition) is 5. The molecule has 17 heavy (non-hydrogen) atoms. The van der Waals surface area contributed by atoms with Crippen molar-refractivity contribution in [3.8, 4) is 28.8 Å². The highest BCUT2D eigenvalue weighted by atomic mass is 16.5. The molecule has 0 spiro atoms. The first-order valence-corrected chi connectivity index (χ1v) is 4.99. The molecule has 0 aliphatic carbocycles. The third kappa shape index (κ3) is 2.28. The summed E-state index contributed by atoms with van der Waals surface area (Å²) in [6.45, 7) is 0. The fraction of sp³-hybridized carbons (Fsp3) is 0.167. The van der Waals surface area contributed by atoms with Gasteiger partial charge in [0.2, 0.25) is 0 Å². The molecule has 5 heteroatoms. The summed E-state index contributed by atoms with van der Waals surface area (Å²) in [4.78, 5) is 8.34. The van der Waals surface area contributed by atoms with Crippen molar-refractivity contribution in [3.63, 3.8) is 0 Å². The Morgan fingerprint density at radius 2 is 1.88 bits per heavy atom. The maximum absolute atomic E-state index is 9.40. The van der Waals surface area contributed by atoms with Crippen molar-refractivity contribution in [1.29, 1.82) is 0 Å². The van der Waals surface area contributed by atoms with E-state index in [1.54, 1.807) is 24.4 Å². The topological polar surface area (TPSA) is 64.5 Å². The predicted molar refractivity (Wildman–Crippen MR) is 62.2 cm³/mol. The number of hydrogen-bond donors (Lipinski definition) is 1. The Labute approximate surface area is 98.7 Å². The molecule has 0 saturated carbocycles. The number of methoxy groups -OCH3 is 2. The van der Waals surface area contributed by atoms with Crippen molar-refractivity contribution in [2.75, 3.05) is 14.2 Å². The smallest absolute Gasteiger partial charge is 0.278 e. The molecule has 0 unspecified atom stereocenters. The van der Waals surface area contributed by atoms with Gasteiger partial charge < -0.3 is 14.6 Å². The number of aromatic nitrogens is 2. The molecular formula is C12H12N2O3. The second-order valence-electron chi connectivity index (χ2n) is 3.32. The van der Waals surface area contributed by atoms with Gasteiger partial charge in [-0.25, -0.2) is 9.97 Å². The minimum atomic E-state index is 0.180.